The Morgan fingerprint density at radius 1 is 1.11 bits per heavy atom. The fraction of sp³-hybridized carbons (Fsp3) is 0.444. The molecule has 2 aromatic rings. The van der Waals surface area contributed by atoms with Crippen LogP contribution in [0.25, 0.3) is 0 Å². The van der Waals surface area contributed by atoms with Gasteiger partial charge in [-0.2, -0.15) is 0 Å². The number of anilines is 1. The number of amides is 3. The number of benzene rings is 2. The maximum Gasteiger partial charge on any atom is 0.319 e. The van der Waals surface area contributed by atoms with Crippen molar-refractivity contribution >= 4 is 23.4 Å². The first-order valence-electron chi connectivity index (χ1n) is 12.3. The average Bonchev–Trinajstić information content (AvgIpc) is 2.81. The summed E-state index contributed by atoms with van der Waals surface area (Å²) in [4.78, 5) is 38.9. The second-order valence-corrected chi connectivity index (χ2v) is 9.68. The molecule has 1 saturated carbocycles. The third kappa shape index (κ3) is 7.11. The highest BCUT2D eigenvalue weighted by molar-refractivity contribution is 5.96. The lowest BCUT2D eigenvalue weighted by Crippen LogP contribution is -2.57. The van der Waals surface area contributed by atoms with E-state index < -0.39 is 0 Å². The molecule has 1 aliphatic carbocycles. The molecule has 0 aromatic heterocycles. The Morgan fingerprint density at radius 3 is 2.66 bits per heavy atom. The van der Waals surface area contributed by atoms with Gasteiger partial charge in [0.05, 0.1) is 6.54 Å². The Morgan fingerprint density at radius 2 is 1.89 bits per heavy atom. The highest BCUT2D eigenvalue weighted by Gasteiger charge is 2.32. The number of nitrogens with one attached hydrogen (secondary N) is 3. The standard InChI is InChI=1S/C27H33FN4O3/c1-18(33)20-6-4-7-23(14-20)30-27(35)31-25-8-3-2-5-21(25)15-32-16-24(29-26(34)17-32)13-19-9-11-22(28)12-10-19/h4,6-7,9-12,14,21,24-25H,2-3,5,8,13,15-17H2,1H3,(H,29,34)(H2,30,31,35)/t21-,24+,25+/m0/s1. The number of nitrogens with zero attached hydrogens (tertiary/aromatic N) is 1. The van der Waals surface area contributed by atoms with Crippen molar-refractivity contribution < 1.29 is 18.8 Å². The smallest absolute Gasteiger partial charge is 0.319 e. The van der Waals surface area contributed by atoms with Gasteiger partial charge in [0.15, 0.2) is 5.78 Å². The van der Waals surface area contributed by atoms with Crippen LogP contribution < -0.4 is 16.0 Å². The van der Waals surface area contributed by atoms with Crippen molar-refractivity contribution in [3.63, 3.8) is 0 Å². The molecular weight excluding hydrogens is 447 g/mol. The number of halogens is 1. The van der Waals surface area contributed by atoms with Crippen molar-refractivity contribution in [1.29, 1.82) is 0 Å². The van der Waals surface area contributed by atoms with Crippen LogP contribution in [-0.4, -0.2) is 54.3 Å². The molecule has 3 N–H and O–H groups in total. The lowest BCUT2D eigenvalue weighted by molar-refractivity contribution is -0.125. The minimum atomic E-state index is -0.284. The van der Waals surface area contributed by atoms with Gasteiger partial charge < -0.3 is 16.0 Å². The van der Waals surface area contributed by atoms with E-state index in [1.807, 2.05) is 0 Å². The van der Waals surface area contributed by atoms with E-state index in [1.54, 1.807) is 36.4 Å². The molecule has 0 spiro atoms. The highest BCUT2D eigenvalue weighted by Crippen LogP contribution is 2.26. The predicted molar refractivity (Wildman–Crippen MR) is 133 cm³/mol. The third-order valence-corrected chi connectivity index (χ3v) is 6.85. The van der Waals surface area contributed by atoms with E-state index in [-0.39, 0.29) is 41.5 Å². The zero-order valence-electron chi connectivity index (χ0n) is 20.1. The average molecular weight is 481 g/mol. The first-order chi connectivity index (χ1) is 16.9. The lowest BCUT2D eigenvalue weighted by atomic mass is 9.84. The summed E-state index contributed by atoms with van der Waals surface area (Å²) in [5, 5.41) is 9.02. The molecule has 186 valence electrons. The van der Waals surface area contributed by atoms with Crippen LogP contribution >= 0.6 is 0 Å². The number of carbonyl (C=O) groups is 3. The largest absolute Gasteiger partial charge is 0.351 e. The lowest BCUT2D eigenvalue weighted by Gasteiger charge is -2.39. The molecule has 2 aliphatic rings. The van der Waals surface area contributed by atoms with Crippen LogP contribution in [0.4, 0.5) is 14.9 Å². The molecule has 3 atom stereocenters. The van der Waals surface area contributed by atoms with Crippen molar-refractivity contribution in [3.05, 3.63) is 65.5 Å². The second kappa shape index (κ2) is 11.4. The molecule has 35 heavy (non-hydrogen) atoms. The van der Waals surface area contributed by atoms with Crippen molar-refractivity contribution in [3.8, 4) is 0 Å². The van der Waals surface area contributed by atoms with Crippen LogP contribution in [0.15, 0.2) is 48.5 Å². The molecule has 1 saturated heterocycles. The topological polar surface area (TPSA) is 90.5 Å². The van der Waals surface area contributed by atoms with Gasteiger partial charge in [-0.1, -0.05) is 37.1 Å². The van der Waals surface area contributed by atoms with Crippen molar-refractivity contribution in [2.24, 2.45) is 5.92 Å². The minimum absolute atomic E-state index is 0.00761. The number of hydrogen-bond acceptors (Lipinski definition) is 4. The molecule has 0 radical (unpaired) electrons. The number of urea groups is 1. The summed E-state index contributed by atoms with van der Waals surface area (Å²) >= 11 is 0. The third-order valence-electron chi connectivity index (χ3n) is 6.85. The monoisotopic (exact) mass is 480 g/mol. The van der Waals surface area contributed by atoms with Crippen LogP contribution in [-0.2, 0) is 11.2 Å². The summed E-state index contributed by atoms with van der Waals surface area (Å²) in [7, 11) is 0. The minimum Gasteiger partial charge on any atom is -0.351 e. The number of rotatable bonds is 7. The second-order valence-electron chi connectivity index (χ2n) is 9.68. The van der Waals surface area contributed by atoms with Crippen molar-refractivity contribution in [2.75, 3.05) is 25.0 Å². The van der Waals surface area contributed by atoms with E-state index >= 15 is 0 Å². The van der Waals surface area contributed by atoms with Crippen molar-refractivity contribution in [2.45, 2.75) is 51.1 Å². The molecular formula is C27H33FN4O3. The van der Waals surface area contributed by atoms with Gasteiger partial charge in [-0.05, 0) is 61.9 Å². The summed E-state index contributed by atoms with van der Waals surface area (Å²) in [5.74, 6) is -0.0820. The van der Waals surface area contributed by atoms with E-state index in [2.05, 4.69) is 20.9 Å². The Labute approximate surface area is 205 Å². The van der Waals surface area contributed by atoms with Crippen LogP contribution in [0, 0.1) is 11.7 Å². The van der Waals surface area contributed by atoms with Crippen LogP contribution in [0.3, 0.4) is 0 Å². The number of carbonyl (C=O) groups excluding carboxylic acids is 3. The van der Waals surface area contributed by atoms with Gasteiger partial charge >= 0.3 is 6.03 Å². The molecule has 1 aliphatic heterocycles. The van der Waals surface area contributed by atoms with Gasteiger partial charge in [-0.25, -0.2) is 9.18 Å². The zero-order valence-corrected chi connectivity index (χ0v) is 20.1. The Hall–Kier alpha value is -3.26. The molecule has 7 nitrogen and oxygen atoms in total. The fourth-order valence-corrected chi connectivity index (χ4v) is 5.16. The maximum atomic E-state index is 13.2. The first kappa shape index (κ1) is 24.9. The molecule has 2 fully saturated rings. The molecule has 0 bridgehead atoms. The number of Topliss-reactive ketones (excluding diaryl/α,β-unsaturated/α-hetero) is 1. The molecule has 0 unspecified atom stereocenters. The Balaban J connectivity index is 1.34. The van der Waals surface area contributed by atoms with E-state index in [0.29, 0.717) is 24.2 Å². The van der Waals surface area contributed by atoms with E-state index in [0.717, 1.165) is 44.3 Å². The van der Waals surface area contributed by atoms with E-state index in [1.165, 1.54) is 19.1 Å². The molecule has 2 aromatic carbocycles. The quantitative estimate of drug-likeness (QED) is 0.527. The van der Waals surface area contributed by atoms with Crippen LogP contribution in [0.5, 0.6) is 0 Å². The predicted octanol–water partition coefficient (Wildman–Crippen LogP) is 3.75. The normalized spacial score (nSPS) is 22.8. The van der Waals surface area contributed by atoms with Gasteiger partial charge in [-0.15, -0.1) is 0 Å². The summed E-state index contributed by atoms with van der Waals surface area (Å²) in [6, 6.07) is 13.0. The summed E-state index contributed by atoms with van der Waals surface area (Å²) in [5.41, 5.74) is 2.12. The van der Waals surface area contributed by atoms with E-state index in [4.69, 9.17) is 0 Å². The summed E-state index contributed by atoms with van der Waals surface area (Å²) in [6.07, 6.45) is 4.69. The number of ketones is 1. The number of piperazine rings is 1. The molecule has 1 heterocycles. The van der Waals surface area contributed by atoms with E-state index in [9.17, 15) is 18.8 Å². The van der Waals surface area contributed by atoms with Gasteiger partial charge in [0.2, 0.25) is 5.91 Å². The van der Waals surface area contributed by atoms with Gasteiger partial charge in [0.1, 0.15) is 5.82 Å². The summed E-state index contributed by atoms with van der Waals surface area (Å²) in [6.45, 7) is 3.29. The van der Waals surface area contributed by atoms with Crippen LogP contribution in [0.2, 0.25) is 0 Å². The van der Waals surface area contributed by atoms with Crippen molar-refractivity contribution in [1.82, 2.24) is 15.5 Å². The first-order valence-corrected chi connectivity index (χ1v) is 12.3. The van der Waals surface area contributed by atoms with Gasteiger partial charge in [0.25, 0.3) is 0 Å². The zero-order chi connectivity index (χ0) is 24.8. The summed E-state index contributed by atoms with van der Waals surface area (Å²) < 4.78 is 13.2. The van der Waals surface area contributed by atoms with Gasteiger partial charge in [-0.3, -0.25) is 14.5 Å². The highest BCUT2D eigenvalue weighted by atomic mass is 19.1. The molecule has 3 amide bonds. The van der Waals surface area contributed by atoms with Gasteiger partial charge in [0, 0.05) is 36.4 Å². The Bertz CT molecular complexity index is 1060. The Kier molecular flexibility index (Phi) is 8.13. The SMILES string of the molecule is CC(=O)c1cccc(NC(=O)N[C@@H]2CCCC[C@H]2CN2CC(=O)N[C@H](Cc3ccc(F)cc3)C2)c1. The maximum absolute atomic E-state index is 13.2. The van der Waals surface area contributed by atoms with Crippen LogP contribution in [0.1, 0.15) is 48.5 Å². The fourth-order valence-electron chi connectivity index (χ4n) is 5.16. The molecule has 4 rings (SSSR count). The molecule has 8 heteroatoms. The number of hydrogen-bond donors (Lipinski definition) is 3.